The van der Waals surface area contributed by atoms with Gasteiger partial charge in [-0.15, -0.1) is 0 Å². The predicted octanol–water partition coefficient (Wildman–Crippen LogP) is 8.65. The molecule has 0 aliphatic carbocycles. The molecule has 5 aromatic carbocycles. The van der Waals surface area contributed by atoms with Crippen molar-refractivity contribution in [2.45, 2.75) is 0 Å². The second-order valence-corrected chi connectivity index (χ2v) is 10.2. The number of rotatable bonds is 4. The van der Waals surface area contributed by atoms with Crippen LogP contribution in [-0.4, -0.2) is 11.4 Å². The highest BCUT2D eigenvalue weighted by Gasteiger charge is 2.28. The third-order valence-corrected chi connectivity index (χ3v) is 7.52. The molecule has 0 unspecified atom stereocenters. The predicted molar refractivity (Wildman–Crippen MR) is 177 cm³/mol. The summed E-state index contributed by atoms with van der Waals surface area (Å²) in [4.78, 5) is 9.88. The Morgan fingerprint density at radius 1 is 0.477 bits per heavy atom. The van der Waals surface area contributed by atoms with Crippen LogP contribution in [0, 0.1) is 22.7 Å². The van der Waals surface area contributed by atoms with E-state index in [0.29, 0.717) is 45.1 Å². The van der Waals surface area contributed by atoms with Crippen molar-refractivity contribution in [2.75, 3.05) is 10.6 Å². The number of nitrogens with zero attached hydrogens (tertiary/aromatic N) is 4. The molecule has 206 valence electrons. The Morgan fingerprint density at radius 3 is 1.32 bits per heavy atom. The van der Waals surface area contributed by atoms with E-state index in [4.69, 9.17) is 9.98 Å². The number of benzene rings is 5. The number of allylic oxidation sites excluding steroid dienone is 4. The smallest absolute Gasteiger partial charge is 0.102 e. The number of nitrogens with one attached hydrogen (secondary N) is 2. The largest absolute Gasteiger partial charge is 0.352 e. The van der Waals surface area contributed by atoms with Gasteiger partial charge in [-0.1, -0.05) is 91.0 Å². The van der Waals surface area contributed by atoms with Crippen LogP contribution in [0.4, 0.5) is 22.7 Å². The van der Waals surface area contributed by atoms with Gasteiger partial charge >= 0.3 is 0 Å². The molecule has 2 aliphatic heterocycles. The van der Waals surface area contributed by atoms with Crippen LogP contribution in [0.5, 0.6) is 0 Å². The number of fused-ring (bicyclic) bond motifs is 2. The fourth-order valence-corrected chi connectivity index (χ4v) is 5.47. The highest BCUT2D eigenvalue weighted by atomic mass is 15.0. The van der Waals surface area contributed by atoms with Crippen LogP contribution >= 0.6 is 0 Å². The van der Waals surface area contributed by atoms with E-state index in [-0.39, 0.29) is 0 Å². The first-order valence-corrected chi connectivity index (χ1v) is 14.1. The van der Waals surface area contributed by atoms with E-state index in [2.05, 4.69) is 22.8 Å². The lowest BCUT2D eigenvalue weighted by Gasteiger charge is -2.11. The molecular weight excluding hydrogens is 540 g/mol. The maximum atomic E-state index is 10.5. The summed E-state index contributed by atoms with van der Waals surface area (Å²) in [6.07, 6.45) is 0. The molecule has 0 saturated heterocycles. The highest BCUT2D eigenvalue weighted by molar-refractivity contribution is 6.27. The van der Waals surface area contributed by atoms with Gasteiger partial charge in [-0.2, -0.15) is 10.5 Å². The standard InChI is InChI=1S/C38H24N6/c39-23-31(37-35(41-27-14-3-1-4-15-27)29-18-7-9-20-33(29)43-37)25-12-11-13-26(22-25)32(24-40)38-36(42-28-16-5-2-6-17-28)30-19-8-10-21-34(30)44-38/h1-22,43-44H/b37-31-,38-32-,41-35?,42-36?. The average Bonchev–Trinajstić information content (AvgIpc) is 3.61. The number of hydrogen-bond acceptors (Lipinski definition) is 6. The minimum atomic E-state index is 0.431. The number of para-hydroxylation sites is 4. The molecule has 7 rings (SSSR count). The van der Waals surface area contributed by atoms with Crippen LogP contribution in [-0.2, 0) is 0 Å². The molecule has 6 nitrogen and oxygen atoms in total. The van der Waals surface area contributed by atoms with E-state index in [1.54, 1.807) is 0 Å². The fourth-order valence-electron chi connectivity index (χ4n) is 5.47. The zero-order chi connectivity index (χ0) is 29.9. The van der Waals surface area contributed by atoms with Gasteiger partial charge in [-0.25, -0.2) is 9.98 Å². The average molecular weight is 565 g/mol. The van der Waals surface area contributed by atoms with Gasteiger partial charge < -0.3 is 10.6 Å². The van der Waals surface area contributed by atoms with E-state index in [1.807, 2.05) is 133 Å². The van der Waals surface area contributed by atoms with Crippen LogP contribution in [0.3, 0.4) is 0 Å². The van der Waals surface area contributed by atoms with Gasteiger partial charge in [0.05, 0.1) is 45.3 Å². The Kier molecular flexibility index (Phi) is 6.85. The molecule has 0 bridgehead atoms. The van der Waals surface area contributed by atoms with E-state index in [1.165, 1.54) is 0 Å². The van der Waals surface area contributed by atoms with Crippen molar-refractivity contribution in [1.82, 2.24) is 0 Å². The summed E-state index contributed by atoms with van der Waals surface area (Å²) in [6, 6.07) is 47.5. The molecule has 2 N–H and O–H groups in total. The molecule has 0 amide bonds. The van der Waals surface area contributed by atoms with Crippen LogP contribution in [0.15, 0.2) is 155 Å². The first kappa shape index (κ1) is 26.4. The molecule has 5 aromatic rings. The lowest BCUT2D eigenvalue weighted by atomic mass is 9.95. The molecule has 2 aliphatic rings. The van der Waals surface area contributed by atoms with Crippen LogP contribution in [0.1, 0.15) is 22.3 Å². The molecule has 0 fully saturated rings. The Balaban J connectivity index is 1.38. The van der Waals surface area contributed by atoms with Crippen molar-refractivity contribution in [2.24, 2.45) is 9.98 Å². The van der Waals surface area contributed by atoms with Gasteiger partial charge in [0.25, 0.3) is 0 Å². The minimum absolute atomic E-state index is 0.431. The lowest BCUT2D eigenvalue weighted by Crippen LogP contribution is -2.07. The monoisotopic (exact) mass is 564 g/mol. The van der Waals surface area contributed by atoms with E-state index < -0.39 is 0 Å². The molecule has 44 heavy (non-hydrogen) atoms. The molecule has 0 atom stereocenters. The van der Waals surface area contributed by atoms with Gasteiger partial charge in [-0.3, -0.25) is 0 Å². The van der Waals surface area contributed by atoms with E-state index in [0.717, 1.165) is 33.9 Å². The maximum absolute atomic E-state index is 10.5. The minimum Gasteiger partial charge on any atom is -0.352 e. The Hall–Kier alpha value is -6.50. The molecule has 0 spiro atoms. The second kappa shape index (κ2) is 11.4. The molecule has 0 saturated carbocycles. The zero-order valence-electron chi connectivity index (χ0n) is 23.5. The van der Waals surface area contributed by atoms with Crippen molar-refractivity contribution >= 4 is 45.3 Å². The summed E-state index contributed by atoms with van der Waals surface area (Å²) >= 11 is 0. The Morgan fingerprint density at radius 2 is 0.886 bits per heavy atom. The lowest BCUT2D eigenvalue weighted by molar-refractivity contribution is 1.45. The number of hydrogen-bond donors (Lipinski definition) is 2. The Bertz CT molecular complexity index is 1970. The molecule has 0 radical (unpaired) electrons. The summed E-state index contributed by atoms with van der Waals surface area (Å²) in [5.41, 5.74) is 10.0. The summed E-state index contributed by atoms with van der Waals surface area (Å²) in [6.45, 7) is 0. The molecule has 0 aromatic heterocycles. The number of aliphatic imine (C=N–C) groups is 2. The normalized spacial score (nSPS) is 17.1. The van der Waals surface area contributed by atoms with Crippen molar-refractivity contribution in [3.05, 3.63) is 167 Å². The van der Waals surface area contributed by atoms with Gasteiger partial charge in [0.15, 0.2) is 0 Å². The quantitative estimate of drug-likeness (QED) is 0.214. The summed E-state index contributed by atoms with van der Waals surface area (Å²) < 4.78 is 0. The van der Waals surface area contributed by atoms with E-state index in [9.17, 15) is 10.5 Å². The number of anilines is 2. The second-order valence-electron chi connectivity index (χ2n) is 10.2. The van der Waals surface area contributed by atoms with Gasteiger partial charge in [0.2, 0.25) is 0 Å². The Labute approximate surface area is 255 Å². The third kappa shape index (κ3) is 4.83. The van der Waals surface area contributed by atoms with E-state index >= 15 is 0 Å². The van der Waals surface area contributed by atoms with Crippen LogP contribution in [0.25, 0.3) is 11.1 Å². The van der Waals surface area contributed by atoms with Crippen molar-refractivity contribution < 1.29 is 0 Å². The fraction of sp³-hybridized carbons (Fsp3) is 0. The topological polar surface area (TPSA) is 96.4 Å². The SMILES string of the molecule is N#C/C(=C1/Nc2ccccc2C1=Nc1ccccc1)c1cccc(/C(C#N)=C2\Nc3ccccc3C2=Nc2ccccc2)c1. The highest BCUT2D eigenvalue weighted by Crippen LogP contribution is 2.37. The summed E-state index contributed by atoms with van der Waals surface area (Å²) in [5, 5.41) is 27.9. The van der Waals surface area contributed by atoms with Crippen molar-refractivity contribution in [3.63, 3.8) is 0 Å². The zero-order valence-corrected chi connectivity index (χ0v) is 23.5. The summed E-state index contributed by atoms with van der Waals surface area (Å²) in [5.74, 6) is 0. The van der Waals surface area contributed by atoms with Crippen molar-refractivity contribution in [3.8, 4) is 12.1 Å². The van der Waals surface area contributed by atoms with Crippen LogP contribution in [0.2, 0.25) is 0 Å². The van der Waals surface area contributed by atoms with Crippen LogP contribution < -0.4 is 10.6 Å². The first-order valence-electron chi connectivity index (χ1n) is 14.1. The van der Waals surface area contributed by atoms with Gasteiger partial charge in [0.1, 0.15) is 12.1 Å². The summed E-state index contributed by atoms with van der Waals surface area (Å²) in [7, 11) is 0. The third-order valence-electron chi connectivity index (χ3n) is 7.52. The first-order chi connectivity index (χ1) is 21.7. The number of nitriles is 2. The van der Waals surface area contributed by atoms with Crippen molar-refractivity contribution in [1.29, 1.82) is 10.5 Å². The molecule has 6 heteroatoms. The molecule has 2 heterocycles. The molecular formula is C38H24N6. The van der Waals surface area contributed by atoms with Gasteiger partial charge in [-0.05, 0) is 53.6 Å². The maximum Gasteiger partial charge on any atom is 0.102 e. The van der Waals surface area contributed by atoms with Gasteiger partial charge in [0, 0.05) is 22.5 Å².